The Morgan fingerprint density at radius 2 is 1.94 bits per heavy atom. The summed E-state index contributed by atoms with van der Waals surface area (Å²) < 4.78 is 0. The molecule has 0 bridgehead atoms. The van der Waals surface area contributed by atoms with Gasteiger partial charge in [0.25, 0.3) is 0 Å². The van der Waals surface area contributed by atoms with Gasteiger partial charge in [0, 0.05) is 20.0 Å². The van der Waals surface area contributed by atoms with Crippen LogP contribution in [-0.2, 0) is 4.79 Å². The highest BCUT2D eigenvalue weighted by Crippen LogP contribution is 2.30. The van der Waals surface area contributed by atoms with Gasteiger partial charge in [-0.1, -0.05) is 27.7 Å². The molecular formula is C14H27NO2. The smallest absolute Gasteiger partial charge is 0.222 e. The summed E-state index contributed by atoms with van der Waals surface area (Å²) >= 11 is 0. The van der Waals surface area contributed by atoms with Gasteiger partial charge in [-0.05, 0) is 30.1 Å². The highest BCUT2D eigenvalue weighted by Gasteiger charge is 2.30. The van der Waals surface area contributed by atoms with Crippen molar-refractivity contribution in [2.24, 2.45) is 17.3 Å². The number of aliphatic hydroxyl groups is 1. The maximum atomic E-state index is 12.0. The maximum absolute atomic E-state index is 12.0. The number of aliphatic hydroxyl groups excluding tert-OH is 1. The van der Waals surface area contributed by atoms with Gasteiger partial charge >= 0.3 is 0 Å². The van der Waals surface area contributed by atoms with E-state index in [0.29, 0.717) is 18.3 Å². The molecule has 0 saturated heterocycles. The Hall–Kier alpha value is -0.570. The first kappa shape index (κ1) is 14.5. The van der Waals surface area contributed by atoms with Crippen LogP contribution in [0.15, 0.2) is 0 Å². The third-order valence-corrected chi connectivity index (χ3v) is 4.13. The predicted molar refractivity (Wildman–Crippen MR) is 69.6 cm³/mol. The Balaban J connectivity index is 2.32. The molecular weight excluding hydrogens is 214 g/mol. The highest BCUT2D eigenvalue weighted by atomic mass is 16.3. The minimum Gasteiger partial charge on any atom is -0.393 e. The number of rotatable bonds is 4. The lowest BCUT2D eigenvalue weighted by atomic mass is 9.79. The summed E-state index contributed by atoms with van der Waals surface area (Å²) in [5.74, 6) is 1.13. The molecule has 1 aliphatic rings. The van der Waals surface area contributed by atoms with Gasteiger partial charge in [0.05, 0.1) is 6.10 Å². The predicted octanol–water partition coefficient (Wildman–Crippen LogP) is 2.29. The lowest BCUT2D eigenvalue weighted by Crippen LogP contribution is -2.40. The second-order valence-electron chi connectivity index (χ2n) is 6.74. The van der Waals surface area contributed by atoms with Crippen molar-refractivity contribution in [1.82, 2.24) is 4.90 Å². The zero-order valence-corrected chi connectivity index (χ0v) is 11.9. The van der Waals surface area contributed by atoms with E-state index in [2.05, 4.69) is 27.7 Å². The molecule has 0 radical (unpaired) electrons. The van der Waals surface area contributed by atoms with Crippen LogP contribution in [-0.4, -0.2) is 35.6 Å². The van der Waals surface area contributed by atoms with Crippen molar-refractivity contribution in [2.45, 2.75) is 53.1 Å². The van der Waals surface area contributed by atoms with Crippen LogP contribution in [0.2, 0.25) is 0 Å². The molecule has 1 aliphatic carbocycles. The van der Waals surface area contributed by atoms with Crippen LogP contribution in [0.3, 0.4) is 0 Å². The normalized spacial score (nSPS) is 26.2. The van der Waals surface area contributed by atoms with Crippen molar-refractivity contribution in [3.05, 3.63) is 0 Å². The Morgan fingerprint density at radius 3 is 2.35 bits per heavy atom. The van der Waals surface area contributed by atoms with Gasteiger partial charge in [-0.2, -0.15) is 0 Å². The van der Waals surface area contributed by atoms with Gasteiger partial charge in [0.15, 0.2) is 0 Å². The number of hydrogen-bond acceptors (Lipinski definition) is 2. The second kappa shape index (κ2) is 5.38. The summed E-state index contributed by atoms with van der Waals surface area (Å²) in [5, 5.41) is 9.22. The molecule has 3 heteroatoms. The number of carbonyl (C=O) groups is 1. The Kier molecular flexibility index (Phi) is 4.59. The molecule has 1 atom stereocenters. The zero-order valence-electron chi connectivity index (χ0n) is 11.9. The van der Waals surface area contributed by atoms with Gasteiger partial charge in [-0.3, -0.25) is 4.79 Å². The number of amides is 1. The first-order chi connectivity index (χ1) is 7.70. The van der Waals surface area contributed by atoms with Crippen LogP contribution in [0.5, 0.6) is 0 Å². The summed E-state index contributed by atoms with van der Waals surface area (Å²) in [4.78, 5) is 13.9. The van der Waals surface area contributed by atoms with Gasteiger partial charge in [-0.15, -0.1) is 0 Å². The molecule has 1 N–H and O–H groups in total. The minimum atomic E-state index is -0.128. The van der Waals surface area contributed by atoms with E-state index in [-0.39, 0.29) is 17.4 Å². The van der Waals surface area contributed by atoms with E-state index >= 15 is 0 Å². The van der Waals surface area contributed by atoms with Crippen molar-refractivity contribution < 1.29 is 9.90 Å². The first-order valence-corrected chi connectivity index (χ1v) is 6.62. The average molecular weight is 241 g/mol. The van der Waals surface area contributed by atoms with Gasteiger partial charge in [0.2, 0.25) is 5.91 Å². The standard InChI is InChI=1S/C14H27NO2/c1-10(14(2,3)4)6-13(17)15(5)9-11-7-12(16)8-11/h10-12,16H,6-9H2,1-5H3. The summed E-state index contributed by atoms with van der Waals surface area (Å²) in [7, 11) is 1.88. The third-order valence-electron chi connectivity index (χ3n) is 4.13. The lowest BCUT2D eigenvalue weighted by molar-refractivity contribution is -0.133. The number of nitrogens with zero attached hydrogens (tertiary/aromatic N) is 1. The van der Waals surface area contributed by atoms with E-state index < -0.39 is 0 Å². The van der Waals surface area contributed by atoms with E-state index in [9.17, 15) is 9.90 Å². The minimum absolute atomic E-state index is 0.128. The van der Waals surface area contributed by atoms with Crippen molar-refractivity contribution in [3.8, 4) is 0 Å². The molecule has 100 valence electrons. The molecule has 17 heavy (non-hydrogen) atoms. The molecule has 0 aromatic rings. The maximum Gasteiger partial charge on any atom is 0.222 e. The molecule has 1 fully saturated rings. The van der Waals surface area contributed by atoms with Crippen LogP contribution in [0.25, 0.3) is 0 Å². The van der Waals surface area contributed by atoms with Crippen LogP contribution < -0.4 is 0 Å². The zero-order chi connectivity index (χ0) is 13.2. The third kappa shape index (κ3) is 4.30. The van der Waals surface area contributed by atoms with Gasteiger partial charge in [0.1, 0.15) is 0 Å². The van der Waals surface area contributed by atoms with E-state index in [1.54, 1.807) is 0 Å². The Bertz CT molecular complexity index is 264. The van der Waals surface area contributed by atoms with Crippen molar-refractivity contribution >= 4 is 5.91 Å². The molecule has 0 heterocycles. The summed E-state index contributed by atoms with van der Waals surface area (Å²) in [5.41, 5.74) is 0.184. The quantitative estimate of drug-likeness (QED) is 0.820. The van der Waals surface area contributed by atoms with E-state index in [1.807, 2.05) is 11.9 Å². The van der Waals surface area contributed by atoms with Crippen molar-refractivity contribution in [1.29, 1.82) is 0 Å². The molecule has 0 aromatic heterocycles. The fraction of sp³-hybridized carbons (Fsp3) is 0.929. The molecule has 1 saturated carbocycles. The molecule has 0 aromatic carbocycles. The highest BCUT2D eigenvalue weighted by molar-refractivity contribution is 5.76. The number of hydrogen-bond donors (Lipinski definition) is 1. The first-order valence-electron chi connectivity index (χ1n) is 6.62. The van der Waals surface area contributed by atoms with Crippen LogP contribution >= 0.6 is 0 Å². The molecule has 3 nitrogen and oxygen atoms in total. The van der Waals surface area contributed by atoms with Crippen LogP contribution in [0.4, 0.5) is 0 Å². The average Bonchev–Trinajstić information content (AvgIpc) is 2.13. The molecule has 0 aliphatic heterocycles. The second-order valence-corrected chi connectivity index (χ2v) is 6.74. The Labute approximate surface area is 105 Å². The monoisotopic (exact) mass is 241 g/mol. The van der Waals surface area contributed by atoms with Crippen molar-refractivity contribution in [2.75, 3.05) is 13.6 Å². The Morgan fingerprint density at radius 1 is 1.41 bits per heavy atom. The van der Waals surface area contributed by atoms with E-state index in [4.69, 9.17) is 0 Å². The fourth-order valence-electron chi connectivity index (χ4n) is 2.06. The number of carbonyl (C=O) groups excluding carboxylic acids is 1. The summed E-state index contributed by atoms with van der Waals surface area (Å²) in [6.45, 7) is 9.46. The topological polar surface area (TPSA) is 40.5 Å². The van der Waals surface area contributed by atoms with Crippen LogP contribution in [0, 0.1) is 17.3 Å². The van der Waals surface area contributed by atoms with Crippen molar-refractivity contribution in [3.63, 3.8) is 0 Å². The molecule has 1 rings (SSSR count). The fourth-order valence-corrected chi connectivity index (χ4v) is 2.06. The van der Waals surface area contributed by atoms with Crippen LogP contribution in [0.1, 0.15) is 47.0 Å². The molecule has 1 unspecified atom stereocenters. The lowest BCUT2D eigenvalue weighted by Gasteiger charge is -2.35. The van der Waals surface area contributed by atoms with E-state index in [1.165, 1.54) is 0 Å². The summed E-state index contributed by atoms with van der Waals surface area (Å²) in [6.07, 6.45) is 2.20. The molecule has 1 amide bonds. The summed E-state index contributed by atoms with van der Waals surface area (Å²) in [6, 6.07) is 0. The van der Waals surface area contributed by atoms with E-state index in [0.717, 1.165) is 19.4 Å². The SMILES string of the molecule is CC(CC(=O)N(C)CC1CC(O)C1)C(C)(C)C. The van der Waals surface area contributed by atoms with Gasteiger partial charge < -0.3 is 10.0 Å². The van der Waals surface area contributed by atoms with Gasteiger partial charge in [-0.25, -0.2) is 0 Å². The molecule has 0 spiro atoms. The largest absolute Gasteiger partial charge is 0.393 e.